The highest BCUT2D eigenvalue weighted by Crippen LogP contribution is 2.10. The van der Waals surface area contributed by atoms with E-state index < -0.39 is 0 Å². The summed E-state index contributed by atoms with van der Waals surface area (Å²) < 4.78 is 1.91. The predicted octanol–water partition coefficient (Wildman–Crippen LogP) is 3.06. The summed E-state index contributed by atoms with van der Waals surface area (Å²) in [5, 5.41) is 8.80. The number of nitrogens with one attached hydrogen (secondary N) is 3. The Morgan fingerprint density at radius 3 is 2.58 bits per heavy atom. The molecule has 0 atom stereocenters. The monoisotopic (exact) mass is 350 g/mol. The summed E-state index contributed by atoms with van der Waals surface area (Å²) in [5.74, 6) is 1.50. The van der Waals surface area contributed by atoms with Crippen molar-refractivity contribution in [2.24, 2.45) is 0 Å². The number of aromatic nitrogens is 3. The second-order valence-corrected chi connectivity index (χ2v) is 5.71. The lowest BCUT2D eigenvalue weighted by molar-refractivity contribution is 0.252. The zero-order chi connectivity index (χ0) is 18.2. The zero-order valence-corrected chi connectivity index (χ0v) is 14.6. The second-order valence-electron chi connectivity index (χ2n) is 5.71. The number of anilines is 2. The Labute approximate surface area is 152 Å². The topological polar surface area (TPSA) is 83.9 Å². The molecule has 0 spiro atoms. The molecule has 2 heterocycles. The first-order chi connectivity index (χ1) is 12.7. The van der Waals surface area contributed by atoms with E-state index in [4.69, 9.17) is 0 Å². The molecule has 26 heavy (non-hydrogen) atoms. The minimum absolute atomic E-state index is 0.230. The van der Waals surface area contributed by atoms with Crippen molar-refractivity contribution in [1.29, 1.82) is 0 Å². The number of benzene rings is 1. The van der Waals surface area contributed by atoms with Crippen LogP contribution in [0, 0.1) is 0 Å². The molecular weight excluding hydrogens is 328 g/mol. The van der Waals surface area contributed by atoms with Crippen LogP contribution >= 0.6 is 0 Å². The number of urea groups is 1. The van der Waals surface area contributed by atoms with Crippen molar-refractivity contribution in [2.75, 3.05) is 23.7 Å². The molecular formula is C19H22N6O. The van der Waals surface area contributed by atoms with Crippen LogP contribution < -0.4 is 16.0 Å². The summed E-state index contributed by atoms with van der Waals surface area (Å²) >= 11 is 0. The molecule has 7 nitrogen and oxygen atoms in total. The number of hydrogen-bond donors (Lipinski definition) is 3. The fourth-order valence-electron chi connectivity index (χ4n) is 2.44. The third kappa shape index (κ3) is 4.83. The summed E-state index contributed by atoms with van der Waals surface area (Å²) in [5.41, 5.74) is 2.02. The molecule has 0 bridgehead atoms. The summed E-state index contributed by atoms with van der Waals surface area (Å²) in [7, 11) is 0. The fraction of sp³-hybridized carbons (Fsp3) is 0.211. The lowest BCUT2D eigenvalue weighted by Gasteiger charge is -2.10. The number of hydrogen-bond acceptors (Lipinski definition) is 4. The van der Waals surface area contributed by atoms with Crippen molar-refractivity contribution in [3.8, 4) is 5.82 Å². The quantitative estimate of drug-likeness (QED) is 0.572. The summed E-state index contributed by atoms with van der Waals surface area (Å²) in [4.78, 5) is 20.3. The number of amides is 2. The highest BCUT2D eigenvalue weighted by Gasteiger charge is 2.02. The summed E-state index contributed by atoms with van der Waals surface area (Å²) in [6, 6.07) is 13.3. The van der Waals surface area contributed by atoms with Crippen molar-refractivity contribution in [3.63, 3.8) is 0 Å². The molecule has 0 aliphatic carbocycles. The molecule has 0 saturated heterocycles. The lowest BCUT2D eigenvalue weighted by atomic mass is 10.1. The third-order valence-electron chi connectivity index (χ3n) is 3.86. The van der Waals surface area contributed by atoms with Gasteiger partial charge in [0.2, 0.25) is 0 Å². The third-order valence-corrected chi connectivity index (χ3v) is 3.86. The van der Waals surface area contributed by atoms with Gasteiger partial charge in [-0.25, -0.2) is 14.8 Å². The van der Waals surface area contributed by atoms with Crippen LogP contribution in [0.2, 0.25) is 0 Å². The molecule has 3 rings (SSSR count). The Kier molecular flexibility index (Phi) is 5.82. The van der Waals surface area contributed by atoms with E-state index in [1.54, 1.807) is 0 Å². The largest absolute Gasteiger partial charge is 0.368 e. The first kappa shape index (κ1) is 17.5. The van der Waals surface area contributed by atoms with Gasteiger partial charge in [0.1, 0.15) is 18.0 Å². The smallest absolute Gasteiger partial charge is 0.319 e. The number of rotatable bonds is 7. The second kappa shape index (κ2) is 8.66. The van der Waals surface area contributed by atoms with Crippen molar-refractivity contribution >= 4 is 17.5 Å². The Morgan fingerprint density at radius 1 is 1.08 bits per heavy atom. The molecule has 0 aliphatic heterocycles. The summed E-state index contributed by atoms with van der Waals surface area (Å²) in [6.07, 6.45) is 6.33. The van der Waals surface area contributed by atoms with E-state index in [0.717, 1.165) is 17.9 Å². The van der Waals surface area contributed by atoms with Gasteiger partial charge in [-0.1, -0.05) is 19.1 Å². The molecule has 1 aromatic carbocycles. The molecule has 2 amide bonds. The van der Waals surface area contributed by atoms with E-state index in [0.29, 0.717) is 18.9 Å². The Balaban J connectivity index is 1.42. The molecule has 3 aromatic rings. The lowest BCUT2D eigenvalue weighted by Crippen LogP contribution is -2.32. The van der Waals surface area contributed by atoms with Gasteiger partial charge < -0.3 is 20.5 Å². The molecule has 0 radical (unpaired) electrons. The van der Waals surface area contributed by atoms with Crippen LogP contribution in [0.3, 0.4) is 0 Å². The van der Waals surface area contributed by atoms with E-state index in [1.807, 2.05) is 59.4 Å². The van der Waals surface area contributed by atoms with Gasteiger partial charge in [-0.3, -0.25) is 0 Å². The fourth-order valence-corrected chi connectivity index (χ4v) is 2.44. The van der Waals surface area contributed by atoms with Crippen molar-refractivity contribution < 1.29 is 4.79 Å². The van der Waals surface area contributed by atoms with E-state index in [9.17, 15) is 4.79 Å². The molecule has 7 heteroatoms. The van der Waals surface area contributed by atoms with Gasteiger partial charge in [0.05, 0.1) is 0 Å². The van der Waals surface area contributed by atoms with Crippen molar-refractivity contribution in [2.45, 2.75) is 13.3 Å². The van der Waals surface area contributed by atoms with Crippen LogP contribution in [0.4, 0.5) is 16.3 Å². The zero-order valence-electron chi connectivity index (χ0n) is 14.6. The molecule has 0 unspecified atom stereocenters. The molecule has 0 saturated carbocycles. The van der Waals surface area contributed by atoms with Crippen LogP contribution in [-0.4, -0.2) is 33.7 Å². The van der Waals surface area contributed by atoms with Gasteiger partial charge in [-0.05, 0) is 36.2 Å². The van der Waals surface area contributed by atoms with Crippen LogP contribution in [0.15, 0.2) is 61.2 Å². The minimum Gasteiger partial charge on any atom is -0.368 e. The van der Waals surface area contributed by atoms with Crippen molar-refractivity contribution in [3.05, 3.63) is 66.7 Å². The van der Waals surface area contributed by atoms with E-state index in [1.165, 1.54) is 11.9 Å². The molecule has 2 aromatic heterocycles. The minimum atomic E-state index is -0.230. The average molecular weight is 350 g/mol. The molecule has 134 valence electrons. The number of carbonyl (C=O) groups excluding carboxylic acids is 1. The highest BCUT2D eigenvalue weighted by molar-refractivity contribution is 5.89. The Hall–Kier alpha value is -3.35. The van der Waals surface area contributed by atoms with Crippen LogP contribution in [-0.2, 0) is 6.42 Å². The maximum Gasteiger partial charge on any atom is 0.319 e. The number of aryl methyl sites for hydroxylation is 1. The maximum absolute atomic E-state index is 11.9. The van der Waals surface area contributed by atoms with E-state index in [-0.39, 0.29) is 6.03 Å². The maximum atomic E-state index is 11.9. The Morgan fingerprint density at radius 2 is 1.85 bits per heavy atom. The van der Waals surface area contributed by atoms with Crippen LogP contribution in [0.25, 0.3) is 5.82 Å². The average Bonchev–Trinajstić information content (AvgIpc) is 3.21. The first-order valence-electron chi connectivity index (χ1n) is 8.57. The molecule has 0 fully saturated rings. The van der Waals surface area contributed by atoms with Crippen LogP contribution in [0.5, 0.6) is 0 Å². The van der Waals surface area contributed by atoms with Gasteiger partial charge in [0.15, 0.2) is 0 Å². The van der Waals surface area contributed by atoms with Gasteiger partial charge in [0.25, 0.3) is 0 Å². The van der Waals surface area contributed by atoms with Gasteiger partial charge in [0, 0.05) is 37.2 Å². The molecule has 0 aliphatic rings. The number of carbonyl (C=O) groups is 1. The highest BCUT2D eigenvalue weighted by atomic mass is 16.2. The summed E-state index contributed by atoms with van der Waals surface area (Å²) in [6.45, 7) is 3.13. The Bertz CT molecular complexity index is 830. The predicted molar refractivity (Wildman–Crippen MR) is 103 cm³/mol. The molecule has 3 N–H and O–H groups in total. The van der Waals surface area contributed by atoms with E-state index >= 15 is 0 Å². The first-order valence-corrected chi connectivity index (χ1v) is 8.57. The van der Waals surface area contributed by atoms with Gasteiger partial charge in [-0.15, -0.1) is 0 Å². The normalized spacial score (nSPS) is 10.3. The van der Waals surface area contributed by atoms with Crippen molar-refractivity contribution in [1.82, 2.24) is 19.9 Å². The van der Waals surface area contributed by atoms with E-state index in [2.05, 4.69) is 32.8 Å². The van der Waals surface area contributed by atoms with Gasteiger partial charge in [-0.2, -0.15) is 0 Å². The van der Waals surface area contributed by atoms with Gasteiger partial charge >= 0.3 is 6.03 Å². The SMILES string of the molecule is CCc1ccc(NC(=O)NCCNc2cc(-n3cccc3)ncn2)cc1. The standard InChI is InChI=1S/C19H22N6O/c1-2-15-5-7-16(8-6-15)24-19(26)21-10-9-20-17-13-18(23-14-22-17)25-11-3-4-12-25/h3-8,11-14H,2,9-10H2,1H3,(H,20,22,23)(H2,21,24,26). The number of nitrogens with zero attached hydrogens (tertiary/aromatic N) is 3. The van der Waals surface area contributed by atoms with Crippen LogP contribution in [0.1, 0.15) is 12.5 Å².